The van der Waals surface area contributed by atoms with Gasteiger partial charge in [0, 0.05) is 75.2 Å². The van der Waals surface area contributed by atoms with Crippen LogP contribution in [-0.4, -0.2) is 42.7 Å². The summed E-state index contributed by atoms with van der Waals surface area (Å²) in [7, 11) is 0. The van der Waals surface area contributed by atoms with E-state index in [9.17, 15) is 10.5 Å². The second-order valence-electron chi connectivity index (χ2n) is 32.9. The number of allylic oxidation sites excluding steroid dienone is 6. The van der Waals surface area contributed by atoms with Gasteiger partial charge in [0.25, 0.3) is 11.4 Å². The van der Waals surface area contributed by atoms with E-state index < -0.39 is 0 Å². The summed E-state index contributed by atoms with van der Waals surface area (Å²) < 4.78 is 40.9. The van der Waals surface area contributed by atoms with Crippen molar-refractivity contribution in [1.29, 1.82) is 10.5 Å². The highest BCUT2D eigenvalue weighted by atomic mass is 79.9. The topological polar surface area (TPSA) is 145 Å². The fourth-order valence-corrected chi connectivity index (χ4v) is 25.8. The largest absolute Gasteiger partial charge is 0.491 e. The Morgan fingerprint density at radius 3 is 1.08 bits per heavy atom. The zero-order valence-electron chi connectivity index (χ0n) is 69.6. The maximum absolute atomic E-state index is 15.5. The number of halogens is 4. The number of nitrogens with zero attached hydrogens (tertiary/aromatic N) is 8. The molecule has 0 N–H and O–H groups in total. The molecule has 620 valence electrons. The Kier molecular flexibility index (Phi) is 30.9. The molecule has 0 saturated carbocycles. The van der Waals surface area contributed by atoms with Crippen LogP contribution in [0.5, 0.6) is 11.5 Å². The molecule has 12 nitrogen and oxygen atoms in total. The Bertz CT molecular complexity index is 5740. The molecule has 0 spiro atoms. The lowest BCUT2D eigenvalue weighted by molar-refractivity contribution is 0.103. The molecular formula is C98H106Br4N8O4S5. The number of hydrogen-bond donors (Lipinski definition) is 0. The van der Waals surface area contributed by atoms with E-state index in [4.69, 9.17) is 31.4 Å². The van der Waals surface area contributed by atoms with E-state index in [0.29, 0.717) is 69.6 Å². The van der Waals surface area contributed by atoms with E-state index in [1.165, 1.54) is 114 Å². The Morgan fingerprint density at radius 2 is 0.739 bits per heavy atom. The van der Waals surface area contributed by atoms with Crippen LogP contribution in [0.2, 0.25) is 0 Å². The number of nitriles is 2. The van der Waals surface area contributed by atoms with Crippen LogP contribution >= 0.6 is 121 Å². The number of carbonyl (C=O) groups excluding carboxylic acids is 2. The molecule has 7 aromatic heterocycles. The predicted octanol–water partition coefficient (Wildman–Crippen LogP) is 34.1. The van der Waals surface area contributed by atoms with E-state index in [0.717, 1.165) is 261 Å². The van der Waals surface area contributed by atoms with Gasteiger partial charge < -0.3 is 18.6 Å². The van der Waals surface area contributed by atoms with Gasteiger partial charge in [-0.1, -0.05) is 221 Å². The fraction of sp³-hybridized carbons (Fsp3) is 0.469. The van der Waals surface area contributed by atoms with Crippen LogP contribution in [-0.2, 0) is 13.1 Å². The molecule has 7 heterocycles. The van der Waals surface area contributed by atoms with Gasteiger partial charge in [0.1, 0.15) is 11.0 Å². The van der Waals surface area contributed by atoms with Crippen molar-refractivity contribution in [3.63, 3.8) is 0 Å². The van der Waals surface area contributed by atoms with E-state index in [-0.39, 0.29) is 23.0 Å². The normalized spacial score (nSPS) is 15.1. The highest BCUT2D eigenvalue weighted by Crippen LogP contribution is 2.59. The summed E-state index contributed by atoms with van der Waals surface area (Å²) >= 11 is 23.0. The quantitative estimate of drug-likeness (QED) is 0.0159. The highest BCUT2D eigenvalue weighted by Gasteiger charge is 2.39. The summed E-state index contributed by atoms with van der Waals surface area (Å²) in [6.45, 7) is 33.2. The van der Waals surface area contributed by atoms with Gasteiger partial charge in [0.2, 0.25) is 0 Å². The molecule has 0 bridgehead atoms. The van der Waals surface area contributed by atoms with Crippen molar-refractivity contribution >= 4 is 249 Å². The highest BCUT2D eigenvalue weighted by molar-refractivity contribution is 9.13. The first-order valence-electron chi connectivity index (χ1n) is 43.9. The van der Waals surface area contributed by atoms with Gasteiger partial charge in [0.15, 0.2) is 23.1 Å². The monoisotopic (exact) mass is 1930 g/mol. The first-order valence-corrected chi connectivity index (χ1v) is 51.1. The van der Waals surface area contributed by atoms with Crippen LogP contribution in [0, 0.1) is 47.6 Å². The molecule has 2 aliphatic carbocycles. The number of hydrogen-bond acceptors (Lipinski definition) is 13. The standard InChI is InChI=1S/C98H106Br4N8O4S5/c1-9-15-21-25-27-29-31-33-37-43-113-91-77(53-69-79(75(55-103)105-7)65-45-61-49-71(99)73(101)51-63(61)47-67(65)89(69)111)115-95-87-93(117-97(91)95)81-83-84(108-119-107-83)82-86(85(81)109(87)57-59(39-19-13-5)41-35-23-17-11-3)110(58-60(40-20-14-6)42-36-24-18-12-4)88-94(82)118-98-92(114-44-38-34-32-30-28-26-22-16-10-2)78(116-96(88)98)54-70-80(76(56-104)106-8)66-46-62-50-72(100)74(102)52-64(62)48-68(66)90(70)112/h45-54,59-60H,9-44,57-58H2,1-6H3/b69-53-,70-54-,79-75-,80-76+. The minimum atomic E-state index is -0.233. The smallest absolute Gasteiger partial charge is 0.270 e. The Labute approximate surface area is 755 Å². The van der Waals surface area contributed by atoms with Crippen molar-refractivity contribution < 1.29 is 19.1 Å². The first kappa shape index (κ1) is 88.5. The molecule has 0 amide bonds. The van der Waals surface area contributed by atoms with E-state index >= 15 is 9.59 Å². The van der Waals surface area contributed by atoms with Crippen LogP contribution in [0.4, 0.5) is 0 Å². The molecule has 2 atom stereocenters. The maximum Gasteiger partial charge on any atom is 0.270 e. The summed E-state index contributed by atoms with van der Waals surface area (Å²) in [4.78, 5) is 40.3. The van der Waals surface area contributed by atoms with Crippen LogP contribution in [0.25, 0.3) is 127 Å². The van der Waals surface area contributed by atoms with E-state index in [1.54, 1.807) is 45.3 Å². The van der Waals surface area contributed by atoms with Gasteiger partial charge in [-0.15, -0.1) is 45.3 Å². The lowest BCUT2D eigenvalue weighted by atomic mass is 9.94. The van der Waals surface area contributed by atoms with Gasteiger partial charge in [-0.05, 0) is 207 Å². The fourth-order valence-electron chi connectivity index (χ4n) is 18.2. The molecular weight excluding hydrogens is 1830 g/mol. The molecule has 2 unspecified atom stereocenters. The Balaban J connectivity index is 1.04. The molecule has 0 radical (unpaired) electrons. The second-order valence-corrected chi connectivity index (χ2v) is 40.9. The van der Waals surface area contributed by atoms with Crippen molar-refractivity contribution in [2.24, 2.45) is 11.8 Å². The SMILES string of the molecule is [C-]#[N+]/C(C#N)=C1\C(=C\c2sc3c(sc4c5c6nsnc6c6c7sc8c(OCCCCCCCCCCC)c(/C=C9\C(=O)c%10cc%11cc(Br)c(Br)cc%11cc%10\C9=C(\C#N)[N+]#[C-])sc8c7n(CC(CCCC)CCCCCC)c6c5n(CC(CCCC)CCCCCC)c34)c2OCCCCCCCCCCC)C(=O)c2cc3cc(Br)c(Br)cc3cc21. The van der Waals surface area contributed by atoms with E-state index in [2.05, 4.69) is 136 Å². The van der Waals surface area contributed by atoms with Gasteiger partial charge in [0.05, 0.1) is 110 Å². The number of aromatic nitrogens is 4. The minimum Gasteiger partial charge on any atom is -0.491 e. The van der Waals surface area contributed by atoms with Crippen LogP contribution in [0.3, 0.4) is 0 Å². The van der Waals surface area contributed by atoms with Crippen LogP contribution in [0.1, 0.15) is 301 Å². The summed E-state index contributed by atoms with van der Waals surface area (Å²) in [5, 5.41) is 27.5. The van der Waals surface area contributed by atoms with Crippen molar-refractivity contribution in [3.8, 4) is 23.6 Å². The van der Waals surface area contributed by atoms with Gasteiger partial charge in [-0.3, -0.25) is 9.59 Å². The van der Waals surface area contributed by atoms with Crippen LogP contribution in [0.15, 0.2) is 89.0 Å². The van der Waals surface area contributed by atoms with Crippen LogP contribution < -0.4 is 9.47 Å². The zero-order valence-corrected chi connectivity index (χ0v) is 80.0. The van der Waals surface area contributed by atoms with Crippen molar-refractivity contribution in [2.45, 2.75) is 273 Å². The number of fused-ring (bicyclic) bond motifs is 18. The summed E-state index contributed by atoms with van der Waals surface area (Å²) in [6.07, 6.45) is 42.9. The summed E-state index contributed by atoms with van der Waals surface area (Å²) in [6, 6.07) is 20.2. The predicted molar refractivity (Wildman–Crippen MR) is 521 cm³/mol. The lowest BCUT2D eigenvalue weighted by Crippen LogP contribution is -2.14. The Morgan fingerprint density at radius 1 is 0.420 bits per heavy atom. The molecule has 14 rings (SSSR count). The van der Waals surface area contributed by atoms with Crippen molar-refractivity contribution in [1.82, 2.24) is 17.9 Å². The number of benzene rings is 5. The number of ether oxygens (including phenoxy) is 2. The third-order valence-electron chi connectivity index (χ3n) is 24.4. The number of ketones is 2. The number of Topliss-reactive ketones (excluding diaryl/α,β-unsaturated/α-hetero) is 2. The average Bonchev–Trinajstić information content (AvgIpc) is 1.50. The maximum atomic E-state index is 15.5. The molecule has 5 aromatic carbocycles. The number of carbonyl (C=O) groups is 2. The number of unbranched alkanes of at least 4 members (excludes halogenated alkanes) is 24. The minimum absolute atomic E-state index is 0.131. The average molecular weight is 1940 g/mol. The number of rotatable bonds is 44. The second kappa shape index (κ2) is 41.5. The summed E-state index contributed by atoms with van der Waals surface area (Å²) in [5.74, 6) is 1.65. The lowest BCUT2D eigenvalue weighted by Gasteiger charge is -2.22. The molecule has 119 heavy (non-hydrogen) atoms. The molecule has 0 fully saturated rings. The Hall–Kier alpha value is -6.86. The third kappa shape index (κ3) is 18.6. The number of thiophene rings is 4. The molecule has 0 saturated heterocycles. The first-order chi connectivity index (χ1) is 58.2. The van der Waals surface area contributed by atoms with Gasteiger partial charge >= 0.3 is 0 Å². The third-order valence-corrected chi connectivity index (χ3v) is 33.6. The van der Waals surface area contributed by atoms with Crippen molar-refractivity contribution in [3.05, 3.63) is 144 Å². The molecule has 0 aliphatic heterocycles. The van der Waals surface area contributed by atoms with E-state index in [1.807, 2.05) is 60.7 Å². The van der Waals surface area contributed by atoms with Gasteiger partial charge in [-0.2, -0.15) is 8.75 Å². The molecule has 12 aromatic rings. The molecule has 21 heteroatoms. The summed E-state index contributed by atoms with van der Waals surface area (Å²) in [5.41, 5.74) is 9.47. The van der Waals surface area contributed by atoms with Gasteiger partial charge in [-0.25, -0.2) is 20.2 Å². The molecule has 2 aliphatic rings. The zero-order chi connectivity index (χ0) is 83.4. The van der Waals surface area contributed by atoms with Crippen molar-refractivity contribution in [2.75, 3.05) is 13.2 Å².